The summed E-state index contributed by atoms with van der Waals surface area (Å²) in [5.41, 5.74) is 6.13. The Morgan fingerprint density at radius 2 is 2.08 bits per heavy atom. The third-order valence-electron chi connectivity index (χ3n) is 3.57. The van der Waals surface area contributed by atoms with Crippen molar-refractivity contribution >= 4 is 0 Å². The average molecular weight is 183 g/mol. The van der Waals surface area contributed by atoms with Gasteiger partial charge in [0.1, 0.15) is 0 Å². The Morgan fingerprint density at radius 1 is 1.31 bits per heavy atom. The highest BCUT2D eigenvalue weighted by molar-refractivity contribution is 4.84. The lowest BCUT2D eigenvalue weighted by atomic mass is 9.80. The first-order valence-corrected chi connectivity index (χ1v) is 5.66. The van der Waals surface area contributed by atoms with E-state index in [2.05, 4.69) is 6.92 Å². The minimum Gasteiger partial charge on any atom is -0.374 e. The minimum absolute atomic E-state index is 0.301. The van der Waals surface area contributed by atoms with Gasteiger partial charge in [-0.1, -0.05) is 19.3 Å². The van der Waals surface area contributed by atoms with E-state index >= 15 is 0 Å². The van der Waals surface area contributed by atoms with Gasteiger partial charge in [-0.3, -0.25) is 0 Å². The van der Waals surface area contributed by atoms with Crippen molar-refractivity contribution < 1.29 is 4.74 Å². The summed E-state index contributed by atoms with van der Waals surface area (Å²) in [4.78, 5) is 0. The first kappa shape index (κ1) is 9.47. The van der Waals surface area contributed by atoms with Gasteiger partial charge in [0, 0.05) is 6.04 Å². The van der Waals surface area contributed by atoms with Gasteiger partial charge >= 0.3 is 0 Å². The van der Waals surface area contributed by atoms with Crippen LogP contribution in [0, 0.1) is 5.92 Å². The lowest BCUT2D eigenvalue weighted by Gasteiger charge is -2.30. The molecule has 0 amide bonds. The molecule has 0 bridgehead atoms. The third-order valence-corrected chi connectivity index (χ3v) is 3.57. The Balaban J connectivity index is 1.72. The molecule has 3 atom stereocenters. The fourth-order valence-corrected chi connectivity index (χ4v) is 2.41. The molecule has 76 valence electrons. The minimum atomic E-state index is 0.301. The molecular weight excluding hydrogens is 162 g/mol. The summed E-state index contributed by atoms with van der Waals surface area (Å²) in [6.45, 7) is 2.15. The molecule has 13 heavy (non-hydrogen) atoms. The molecule has 1 aliphatic carbocycles. The van der Waals surface area contributed by atoms with Gasteiger partial charge < -0.3 is 10.5 Å². The van der Waals surface area contributed by atoms with Crippen molar-refractivity contribution in [2.24, 2.45) is 11.7 Å². The predicted molar refractivity (Wildman–Crippen MR) is 53.5 cm³/mol. The fourth-order valence-electron chi connectivity index (χ4n) is 2.41. The molecule has 0 radical (unpaired) electrons. The molecule has 0 spiro atoms. The Morgan fingerprint density at radius 3 is 2.54 bits per heavy atom. The fraction of sp³-hybridized carbons (Fsp3) is 1.00. The summed E-state index contributed by atoms with van der Waals surface area (Å²) in [5.74, 6) is 0.912. The highest BCUT2D eigenvalue weighted by atomic mass is 16.5. The van der Waals surface area contributed by atoms with Crippen LogP contribution in [0.1, 0.15) is 45.4 Å². The second kappa shape index (κ2) is 3.97. The van der Waals surface area contributed by atoms with Crippen molar-refractivity contribution in [1.29, 1.82) is 0 Å². The molecule has 0 aromatic carbocycles. The molecule has 2 fully saturated rings. The van der Waals surface area contributed by atoms with Crippen LogP contribution in [-0.4, -0.2) is 18.2 Å². The lowest BCUT2D eigenvalue weighted by Crippen LogP contribution is -2.37. The number of ether oxygens (including phenoxy) is 1. The second-order valence-electron chi connectivity index (χ2n) is 4.76. The van der Waals surface area contributed by atoms with Crippen molar-refractivity contribution in [3.8, 4) is 0 Å². The Hall–Kier alpha value is -0.0800. The van der Waals surface area contributed by atoms with E-state index in [1.165, 1.54) is 38.5 Å². The van der Waals surface area contributed by atoms with Crippen LogP contribution in [0.4, 0.5) is 0 Å². The van der Waals surface area contributed by atoms with Crippen molar-refractivity contribution in [1.82, 2.24) is 0 Å². The smallest absolute Gasteiger partial charge is 0.0730 e. The van der Waals surface area contributed by atoms with Crippen LogP contribution < -0.4 is 5.73 Å². The highest BCUT2D eigenvalue weighted by Crippen LogP contribution is 2.32. The van der Waals surface area contributed by atoms with E-state index in [-0.39, 0.29) is 0 Å². The predicted octanol–water partition coefficient (Wildman–Crippen LogP) is 2.07. The van der Waals surface area contributed by atoms with Crippen molar-refractivity contribution in [3.05, 3.63) is 0 Å². The lowest BCUT2D eigenvalue weighted by molar-refractivity contribution is 0.0321. The van der Waals surface area contributed by atoms with E-state index in [4.69, 9.17) is 10.5 Å². The van der Waals surface area contributed by atoms with Gasteiger partial charge in [0.05, 0.1) is 12.2 Å². The van der Waals surface area contributed by atoms with Gasteiger partial charge in [-0.25, -0.2) is 0 Å². The van der Waals surface area contributed by atoms with Crippen LogP contribution >= 0.6 is 0 Å². The number of nitrogens with two attached hydrogens (primary N) is 1. The molecule has 1 aliphatic heterocycles. The van der Waals surface area contributed by atoms with Gasteiger partial charge in [-0.15, -0.1) is 0 Å². The van der Waals surface area contributed by atoms with E-state index in [0.29, 0.717) is 18.2 Å². The SMILES string of the molecule is CC1CCC(C(N)CC2CCC2)O1. The van der Waals surface area contributed by atoms with Gasteiger partial charge in [0.2, 0.25) is 0 Å². The second-order valence-corrected chi connectivity index (χ2v) is 4.76. The monoisotopic (exact) mass is 183 g/mol. The van der Waals surface area contributed by atoms with E-state index in [0.717, 1.165) is 5.92 Å². The van der Waals surface area contributed by atoms with Crippen LogP contribution in [0.5, 0.6) is 0 Å². The molecule has 2 heteroatoms. The summed E-state index contributed by atoms with van der Waals surface area (Å²) in [5, 5.41) is 0. The van der Waals surface area contributed by atoms with E-state index in [1.807, 2.05) is 0 Å². The zero-order chi connectivity index (χ0) is 9.26. The van der Waals surface area contributed by atoms with Gasteiger partial charge in [-0.2, -0.15) is 0 Å². The summed E-state index contributed by atoms with van der Waals surface area (Å²) in [6, 6.07) is 0.301. The maximum absolute atomic E-state index is 6.13. The Labute approximate surface area is 80.8 Å². The molecule has 1 saturated heterocycles. The normalized spacial score (nSPS) is 37.4. The zero-order valence-corrected chi connectivity index (χ0v) is 8.54. The third kappa shape index (κ3) is 2.23. The number of rotatable bonds is 3. The first-order chi connectivity index (χ1) is 6.25. The zero-order valence-electron chi connectivity index (χ0n) is 8.54. The summed E-state index contributed by atoms with van der Waals surface area (Å²) < 4.78 is 5.77. The molecule has 3 unspecified atom stereocenters. The van der Waals surface area contributed by atoms with Crippen LogP contribution in [-0.2, 0) is 4.74 Å². The van der Waals surface area contributed by atoms with E-state index in [9.17, 15) is 0 Å². The van der Waals surface area contributed by atoms with Gasteiger partial charge in [-0.05, 0) is 32.1 Å². The maximum atomic E-state index is 6.13. The van der Waals surface area contributed by atoms with Crippen LogP contribution in [0.25, 0.3) is 0 Å². The summed E-state index contributed by atoms with van der Waals surface area (Å²) >= 11 is 0. The molecule has 2 rings (SSSR count). The van der Waals surface area contributed by atoms with Crippen LogP contribution in [0.15, 0.2) is 0 Å². The molecule has 1 saturated carbocycles. The Bertz CT molecular complexity index is 167. The maximum Gasteiger partial charge on any atom is 0.0730 e. The van der Waals surface area contributed by atoms with Crippen molar-refractivity contribution in [3.63, 3.8) is 0 Å². The largest absolute Gasteiger partial charge is 0.374 e. The van der Waals surface area contributed by atoms with Crippen LogP contribution in [0.2, 0.25) is 0 Å². The number of hydrogen-bond donors (Lipinski definition) is 1. The summed E-state index contributed by atoms with van der Waals surface area (Å²) in [7, 11) is 0. The van der Waals surface area contributed by atoms with Gasteiger partial charge in [0.15, 0.2) is 0 Å². The molecule has 0 aromatic rings. The topological polar surface area (TPSA) is 35.2 Å². The molecule has 2 aliphatic rings. The summed E-state index contributed by atoms with van der Waals surface area (Å²) in [6.07, 6.45) is 8.58. The molecule has 1 heterocycles. The Kier molecular flexibility index (Phi) is 2.89. The highest BCUT2D eigenvalue weighted by Gasteiger charge is 2.30. The van der Waals surface area contributed by atoms with E-state index < -0.39 is 0 Å². The van der Waals surface area contributed by atoms with E-state index in [1.54, 1.807) is 0 Å². The molecule has 2 nitrogen and oxygen atoms in total. The van der Waals surface area contributed by atoms with Crippen LogP contribution in [0.3, 0.4) is 0 Å². The molecular formula is C11H21NO. The van der Waals surface area contributed by atoms with Crippen molar-refractivity contribution in [2.45, 2.75) is 63.7 Å². The quantitative estimate of drug-likeness (QED) is 0.727. The average Bonchev–Trinajstić information content (AvgIpc) is 2.44. The number of hydrogen-bond acceptors (Lipinski definition) is 2. The van der Waals surface area contributed by atoms with Crippen molar-refractivity contribution in [2.75, 3.05) is 0 Å². The first-order valence-electron chi connectivity index (χ1n) is 5.66. The molecule has 0 aromatic heterocycles. The standard InChI is InChI=1S/C11H21NO/c1-8-5-6-11(13-8)10(12)7-9-3-2-4-9/h8-11H,2-7,12H2,1H3. The van der Waals surface area contributed by atoms with Gasteiger partial charge in [0.25, 0.3) is 0 Å². The molecule has 2 N–H and O–H groups in total.